The Morgan fingerprint density at radius 2 is 1.76 bits per heavy atom. The van der Waals surface area contributed by atoms with E-state index < -0.39 is 51.5 Å². The van der Waals surface area contributed by atoms with E-state index in [0.717, 1.165) is 12.1 Å². The summed E-state index contributed by atoms with van der Waals surface area (Å²) < 4.78 is 69.9. The molecule has 0 N–H and O–H groups in total. The lowest BCUT2D eigenvalue weighted by atomic mass is 9.65. The summed E-state index contributed by atoms with van der Waals surface area (Å²) in [6.07, 6.45) is 4.08. The molecule has 6 atom stereocenters. The van der Waals surface area contributed by atoms with Crippen molar-refractivity contribution in [2.24, 2.45) is 0 Å². The molecule has 0 bridgehead atoms. The zero-order chi connectivity index (χ0) is 32.1. The summed E-state index contributed by atoms with van der Waals surface area (Å²) in [6.45, 7) is -0.157. The number of benzene rings is 2. The number of hydrogen-bond acceptors (Lipinski definition) is 9. The number of alkyl halides is 1. The Labute approximate surface area is 271 Å². The number of pyridine rings is 2. The first-order chi connectivity index (χ1) is 22.2. The Bertz CT molecular complexity index is 1840. The Morgan fingerprint density at radius 1 is 1.00 bits per heavy atom. The van der Waals surface area contributed by atoms with Crippen molar-refractivity contribution < 1.29 is 32.1 Å². The molecule has 236 valence electrons. The second kappa shape index (κ2) is 11.7. The summed E-state index contributed by atoms with van der Waals surface area (Å²) in [7, 11) is 1.46. The Morgan fingerprint density at radius 3 is 2.43 bits per heavy atom. The van der Waals surface area contributed by atoms with Crippen LogP contribution in [0.25, 0.3) is 11.3 Å². The second-order valence-corrected chi connectivity index (χ2v) is 11.9. The first-order valence-electron chi connectivity index (χ1n) is 14.1. The van der Waals surface area contributed by atoms with Gasteiger partial charge in [0.1, 0.15) is 17.2 Å². The van der Waals surface area contributed by atoms with E-state index in [1.807, 2.05) is 30.3 Å². The molecule has 7 rings (SSSR count). The van der Waals surface area contributed by atoms with Crippen molar-refractivity contribution in [1.29, 1.82) is 0 Å². The first kappa shape index (κ1) is 30.8. The highest BCUT2D eigenvalue weighted by atomic mass is 35.5. The second-order valence-electron chi connectivity index (χ2n) is 10.8. The quantitative estimate of drug-likeness (QED) is 0.139. The summed E-state index contributed by atoms with van der Waals surface area (Å²) in [5, 5.41) is 7.05. The van der Waals surface area contributed by atoms with Crippen LogP contribution in [-0.4, -0.2) is 55.3 Å². The van der Waals surface area contributed by atoms with Crippen LogP contribution in [0.2, 0.25) is 0 Å². The third kappa shape index (κ3) is 4.56. The maximum atomic E-state index is 14.4. The number of thiol groups is 1. The molecule has 0 spiro atoms. The minimum absolute atomic E-state index is 0.0149. The highest BCUT2D eigenvalue weighted by Crippen LogP contribution is 2.61. The van der Waals surface area contributed by atoms with Crippen LogP contribution < -0.4 is 0 Å². The van der Waals surface area contributed by atoms with Gasteiger partial charge < -0.3 is 18.9 Å². The number of rotatable bonds is 6. The van der Waals surface area contributed by atoms with Crippen LogP contribution in [0.3, 0.4) is 0 Å². The zero-order valence-electron chi connectivity index (χ0n) is 24.0. The van der Waals surface area contributed by atoms with E-state index in [9.17, 15) is 13.2 Å². The van der Waals surface area contributed by atoms with Crippen molar-refractivity contribution in [2.75, 3.05) is 13.7 Å². The molecule has 0 radical (unpaired) electrons. The molecule has 2 saturated heterocycles. The van der Waals surface area contributed by atoms with Crippen LogP contribution in [0.5, 0.6) is 0 Å². The lowest BCUT2D eigenvalue weighted by Crippen LogP contribution is -2.77. The minimum atomic E-state index is -1.70. The van der Waals surface area contributed by atoms with Crippen LogP contribution in [0.1, 0.15) is 23.1 Å². The first-order valence-corrected chi connectivity index (χ1v) is 15.0. The van der Waals surface area contributed by atoms with Gasteiger partial charge in [-0.15, -0.1) is 17.7 Å². The smallest absolute Gasteiger partial charge is 0.195 e. The van der Waals surface area contributed by atoms with Crippen molar-refractivity contribution in [3.63, 3.8) is 0 Å². The summed E-state index contributed by atoms with van der Waals surface area (Å²) in [5.74, 6) is -4.37. The monoisotopic (exact) mass is 667 g/mol. The molecule has 2 aliphatic heterocycles. The van der Waals surface area contributed by atoms with Crippen LogP contribution in [0.4, 0.5) is 13.2 Å². The van der Waals surface area contributed by atoms with Crippen LogP contribution >= 0.6 is 24.2 Å². The molecule has 2 fully saturated rings. The molecule has 0 amide bonds. The summed E-state index contributed by atoms with van der Waals surface area (Å²) in [5.41, 5.74) is -3.05. The third-order valence-electron chi connectivity index (χ3n) is 8.36. The highest BCUT2D eigenvalue weighted by molar-refractivity contribution is 7.80. The molecular weight excluding hydrogens is 643 g/mol. The predicted octanol–water partition coefficient (Wildman–Crippen LogP) is 5.77. The SMILES string of the molecule is CO[C@@]1(c2ccccn2)[C@@H](S)O[C@@]2(Cl)COC(c3ccccc3)O[C@@H]2C1(c1cccnc1)n1cc(-c2cc(F)c(F)c(F)c2)nn1. The van der Waals surface area contributed by atoms with Crippen molar-refractivity contribution in [1.82, 2.24) is 25.0 Å². The zero-order valence-corrected chi connectivity index (χ0v) is 25.7. The number of methoxy groups -OCH3 is 1. The van der Waals surface area contributed by atoms with Crippen molar-refractivity contribution in [3.8, 4) is 11.3 Å². The number of ether oxygens (including phenoxy) is 4. The van der Waals surface area contributed by atoms with Crippen molar-refractivity contribution in [2.45, 2.75) is 34.0 Å². The lowest BCUT2D eigenvalue weighted by molar-refractivity contribution is -0.362. The molecule has 5 heterocycles. The molecule has 9 nitrogen and oxygen atoms in total. The lowest BCUT2D eigenvalue weighted by Gasteiger charge is -2.62. The van der Waals surface area contributed by atoms with Crippen LogP contribution in [0.15, 0.2) is 97.6 Å². The maximum absolute atomic E-state index is 14.4. The van der Waals surface area contributed by atoms with Gasteiger partial charge in [0, 0.05) is 42.4 Å². The van der Waals surface area contributed by atoms with E-state index in [-0.39, 0.29) is 17.9 Å². The van der Waals surface area contributed by atoms with Crippen molar-refractivity contribution in [3.05, 3.63) is 132 Å². The van der Waals surface area contributed by atoms with Gasteiger partial charge in [-0.25, -0.2) is 17.9 Å². The molecule has 5 aromatic rings. The fraction of sp³-hybridized carbons (Fsp3) is 0.250. The fourth-order valence-electron chi connectivity index (χ4n) is 6.39. The van der Waals surface area contributed by atoms with E-state index in [4.69, 9.17) is 43.2 Å². The summed E-state index contributed by atoms with van der Waals surface area (Å²) in [6, 6.07) is 19.6. The van der Waals surface area contributed by atoms with Gasteiger partial charge in [0.15, 0.2) is 39.9 Å². The van der Waals surface area contributed by atoms with Gasteiger partial charge in [0.05, 0.1) is 18.5 Å². The fourth-order valence-corrected chi connectivity index (χ4v) is 7.43. The molecule has 0 saturated carbocycles. The van der Waals surface area contributed by atoms with Crippen molar-refractivity contribution >= 4 is 24.2 Å². The van der Waals surface area contributed by atoms with Gasteiger partial charge in [-0.05, 0) is 30.3 Å². The van der Waals surface area contributed by atoms with Crippen LogP contribution in [0, 0.1) is 17.5 Å². The third-order valence-corrected chi connectivity index (χ3v) is 9.22. The maximum Gasteiger partial charge on any atom is 0.195 e. The Balaban J connectivity index is 1.55. The molecule has 2 aromatic carbocycles. The Kier molecular flexibility index (Phi) is 7.86. The molecule has 2 aliphatic rings. The van der Waals surface area contributed by atoms with E-state index in [0.29, 0.717) is 16.8 Å². The number of nitrogens with zero attached hydrogens (tertiary/aromatic N) is 5. The summed E-state index contributed by atoms with van der Waals surface area (Å²) >= 11 is 12.3. The molecular formula is C32H25ClF3N5O4S. The van der Waals surface area contributed by atoms with Gasteiger partial charge in [0.2, 0.25) is 0 Å². The topological polar surface area (TPSA) is 93.4 Å². The number of fused-ring (bicyclic) bond motifs is 1. The Hall–Kier alpha value is -3.85. The average Bonchev–Trinajstić information content (AvgIpc) is 3.58. The number of halogens is 4. The van der Waals surface area contributed by atoms with Gasteiger partial charge >= 0.3 is 0 Å². The molecule has 0 aliphatic carbocycles. The van der Waals surface area contributed by atoms with Gasteiger partial charge in [-0.3, -0.25) is 9.97 Å². The normalized spacial score (nSPS) is 29.3. The van der Waals surface area contributed by atoms with Crippen LogP contribution in [-0.2, 0) is 30.1 Å². The molecule has 14 heteroatoms. The van der Waals surface area contributed by atoms with E-state index >= 15 is 0 Å². The predicted molar refractivity (Wildman–Crippen MR) is 162 cm³/mol. The van der Waals surface area contributed by atoms with E-state index in [1.54, 1.807) is 48.9 Å². The number of aromatic nitrogens is 5. The molecule has 3 aromatic heterocycles. The standard InChI is InChI=1S/C32H25ClF3N5O4S/c1-42-32(25-11-5-6-13-38-25)29(46)45-30(33)18-43-27(19-8-3-2-4-9-19)44-28(30)31(32,21-10-7-12-37-16-21)41-17-24(39-40-41)20-14-22(34)26(36)23(35)15-20/h2-17,27-29,46H,18H2,1H3/t27?,28-,29+,30-,31?,32-/m0/s1. The molecule has 46 heavy (non-hydrogen) atoms. The van der Waals surface area contributed by atoms with E-state index in [2.05, 4.69) is 20.3 Å². The largest absolute Gasteiger partial charge is 0.365 e. The average molecular weight is 668 g/mol. The van der Waals surface area contributed by atoms with Gasteiger partial charge in [-0.2, -0.15) is 0 Å². The van der Waals surface area contributed by atoms with Gasteiger partial charge in [-0.1, -0.05) is 59.3 Å². The molecule has 2 unspecified atom stereocenters. The van der Waals surface area contributed by atoms with Gasteiger partial charge in [0.25, 0.3) is 0 Å². The highest BCUT2D eigenvalue weighted by Gasteiger charge is 2.75. The minimum Gasteiger partial charge on any atom is -0.365 e. The van der Waals surface area contributed by atoms with E-state index in [1.165, 1.54) is 18.0 Å². The summed E-state index contributed by atoms with van der Waals surface area (Å²) in [4.78, 5) is 9.08. The number of hydrogen-bond donors (Lipinski definition) is 1.